The van der Waals surface area contributed by atoms with E-state index in [0.29, 0.717) is 0 Å². The molecule has 1 heteroatoms. The van der Waals surface area contributed by atoms with Crippen LogP contribution in [0.15, 0.2) is 66.9 Å². The topological polar surface area (TPSA) is 3.24 Å². The average molecular weight is 233 g/mol. The lowest BCUT2D eigenvalue weighted by molar-refractivity contribution is 1.18. The predicted molar refractivity (Wildman–Crippen MR) is 77.9 cm³/mol. The molecule has 0 saturated carbocycles. The third-order valence-corrected chi connectivity index (χ3v) is 3.28. The van der Waals surface area contributed by atoms with E-state index in [-0.39, 0.29) is 0 Å². The number of hydrogen-bond donors (Lipinski definition) is 0. The van der Waals surface area contributed by atoms with Crippen LogP contribution in [0.4, 0.5) is 11.4 Å². The monoisotopic (exact) mass is 233 g/mol. The number of allylic oxidation sites excluding steroid dienone is 1. The van der Waals surface area contributed by atoms with Crippen molar-refractivity contribution in [2.24, 2.45) is 0 Å². The summed E-state index contributed by atoms with van der Waals surface area (Å²) in [7, 11) is 0. The van der Waals surface area contributed by atoms with Crippen LogP contribution in [-0.4, -0.2) is 0 Å². The second-order valence-electron chi connectivity index (χ2n) is 4.51. The first-order valence-electron chi connectivity index (χ1n) is 6.09. The molecule has 0 radical (unpaired) electrons. The van der Waals surface area contributed by atoms with Crippen LogP contribution in [0.1, 0.15) is 11.1 Å². The van der Waals surface area contributed by atoms with E-state index >= 15 is 0 Å². The number of benzene rings is 2. The number of para-hydroxylation sites is 2. The summed E-state index contributed by atoms with van der Waals surface area (Å²) in [5, 5.41) is 0. The van der Waals surface area contributed by atoms with Crippen molar-refractivity contribution in [3.05, 3.63) is 78.0 Å². The molecule has 2 aromatic carbocycles. The number of aryl methyl sites for hydroxylation is 1. The van der Waals surface area contributed by atoms with Gasteiger partial charge < -0.3 is 4.90 Å². The van der Waals surface area contributed by atoms with Gasteiger partial charge in [-0.25, -0.2) is 0 Å². The van der Waals surface area contributed by atoms with Gasteiger partial charge in [0.1, 0.15) is 0 Å². The van der Waals surface area contributed by atoms with Gasteiger partial charge in [-0.2, -0.15) is 0 Å². The Morgan fingerprint density at radius 1 is 0.833 bits per heavy atom. The van der Waals surface area contributed by atoms with E-state index in [4.69, 9.17) is 0 Å². The predicted octanol–water partition coefficient (Wildman–Crippen LogP) is 4.67. The summed E-state index contributed by atoms with van der Waals surface area (Å²) in [6.07, 6.45) is 4.18. The van der Waals surface area contributed by atoms with Gasteiger partial charge in [0.05, 0.1) is 5.69 Å². The van der Waals surface area contributed by atoms with Gasteiger partial charge in [-0.3, -0.25) is 0 Å². The zero-order valence-electron chi connectivity index (χ0n) is 10.4. The third-order valence-electron chi connectivity index (χ3n) is 3.28. The van der Waals surface area contributed by atoms with Crippen molar-refractivity contribution in [3.8, 4) is 0 Å². The zero-order chi connectivity index (χ0) is 12.5. The minimum atomic E-state index is 1.00. The van der Waals surface area contributed by atoms with Gasteiger partial charge in [0.25, 0.3) is 0 Å². The van der Waals surface area contributed by atoms with Gasteiger partial charge in [-0.15, -0.1) is 0 Å². The molecule has 0 unspecified atom stereocenters. The van der Waals surface area contributed by atoms with E-state index in [9.17, 15) is 0 Å². The molecule has 1 nitrogen and oxygen atoms in total. The van der Waals surface area contributed by atoms with Crippen molar-refractivity contribution < 1.29 is 0 Å². The Labute approximate surface area is 108 Å². The zero-order valence-corrected chi connectivity index (χ0v) is 10.4. The second-order valence-corrected chi connectivity index (χ2v) is 4.51. The van der Waals surface area contributed by atoms with Gasteiger partial charge in [0.15, 0.2) is 0 Å². The molecule has 3 rings (SSSR count). The van der Waals surface area contributed by atoms with Crippen LogP contribution in [-0.2, 0) is 0 Å². The van der Waals surface area contributed by atoms with Crippen LogP contribution in [0.5, 0.6) is 0 Å². The summed E-state index contributed by atoms with van der Waals surface area (Å²) in [6.45, 7) is 6.28. The Bertz CT molecular complexity index is 638. The van der Waals surface area contributed by atoms with Crippen LogP contribution in [0, 0.1) is 6.92 Å². The van der Waals surface area contributed by atoms with Gasteiger partial charge >= 0.3 is 0 Å². The second kappa shape index (κ2) is 4.19. The van der Waals surface area contributed by atoms with Gasteiger partial charge in [0, 0.05) is 11.4 Å². The van der Waals surface area contributed by atoms with E-state index in [1.165, 1.54) is 22.5 Å². The largest absolute Gasteiger partial charge is 0.310 e. The minimum Gasteiger partial charge on any atom is -0.310 e. The van der Waals surface area contributed by atoms with Crippen molar-refractivity contribution in [2.75, 3.05) is 4.90 Å². The normalized spacial score (nSPS) is 13.6. The summed E-state index contributed by atoms with van der Waals surface area (Å²) < 4.78 is 0. The summed E-state index contributed by atoms with van der Waals surface area (Å²) in [6, 6.07) is 16.8. The van der Waals surface area contributed by atoms with E-state index in [2.05, 4.69) is 79.1 Å². The molecule has 0 atom stereocenters. The number of anilines is 2. The summed E-state index contributed by atoms with van der Waals surface area (Å²) in [5.41, 5.74) is 5.87. The lowest BCUT2D eigenvalue weighted by atomic mass is 10.0. The quantitative estimate of drug-likeness (QED) is 0.691. The molecule has 0 bridgehead atoms. The molecular formula is C17H15N. The maximum absolute atomic E-state index is 4.15. The minimum absolute atomic E-state index is 1.00. The molecule has 2 aromatic rings. The molecule has 1 aliphatic rings. The maximum atomic E-state index is 4.15. The molecule has 1 aliphatic heterocycles. The Kier molecular flexibility index (Phi) is 2.52. The first-order valence-corrected chi connectivity index (χ1v) is 6.09. The van der Waals surface area contributed by atoms with Crippen LogP contribution in [0.3, 0.4) is 0 Å². The number of rotatable bonds is 1. The van der Waals surface area contributed by atoms with E-state index in [1.54, 1.807) is 0 Å². The van der Waals surface area contributed by atoms with E-state index < -0.39 is 0 Å². The van der Waals surface area contributed by atoms with E-state index in [1.807, 2.05) is 0 Å². The first-order chi connectivity index (χ1) is 8.77. The molecule has 0 amide bonds. The number of hydrogen-bond acceptors (Lipinski definition) is 1. The lowest BCUT2D eigenvalue weighted by Crippen LogP contribution is -2.18. The fraction of sp³-hybridized carbons (Fsp3) is 0.0588. The molecule has 0 spiro atoms. The van der Waals surface area contributed by atoms with Crippen molar-refractivity contribution in [1.82, 2.24) is 0 Å². The average Bonchev–Trinajstić information content (AvgIpc) is 2.40. The summed E-state index contributed by atoms with van der Waals surface area (Å²) in [5.74, 6) is 0. The molecular weight excluding hydrogens is 218 g/mol. The van der Waals surface area contributed by atoms with Gasteiger partial charge in [0.2, 0.25) is 0 Å². The molecule has 18 heavy (non-hydrogen) atoms. The molecule has 0 fully saturated rings. The van der Waals surface area contributed by atoms with Crippen LogP contribution >= 0.6 is 0 Å². The van der Waals surface area contributed by atoms with Gasteiger partial charge in [-0.05, 0) is 36.3 Å². The van der Waals surface area contributed by atoms with Crippen LogP contribution in [0.25, 0.3) is 6.08 Å². The fourth-order valence-corrected chi connectivity index (χ4v) is 2.35. The standard InChI is InChI=1S/C17H15N/c1-13-7-3-5-9-16(13)18-14(2)11-12-15-8-4-6-10-17(15)18/h3-12H,2H2,1H3. The highest BCUT2D eigenvalue weighted by molar-refractivity contribution is 5.83. The first kappa shape index (κ1) is 10.8. The Hall–Kier alpha value is -2.28. The van der Waals surface area contributed by atoms with Crippen LogP contribution < -0.4 is 4.90 Å². The molecule has 1 heterocycles. The molecule has 0 N–H and O–H groups in total. The van der Waals surface area contributed by atoms with Gasteiger partial charge in [-0.1, -0.05) is 49.1 Å². The Morgan fingerprint density at radius 2 is 1.50 bits per heavy atom. The number of nitrogens with zero attached hydrogens (tertiary/aromatic N) is 1. The van der Waals surface area contributed by atoms with Crippen molar-refractivity contribution in [2.45, 2.75) is 6.92 Å². The summed E-state index contributed by atoms with van der Waals surface area (Å²) >= 11 is 0. The fourth-order valence-electron chi connectivity index (χ4n) is 2.35. The lowest BCUT2D eigenvalue weighted by Gasteiger charge is -2.31. The molecule has 0 saturated heterocycles. The highest BCUT2D eigenvalue weighted by Crippen LogP contribution is 2.37. The SMILES string of the molecule is C=C1C=Cc2ccccc2N1c1ccccc1C. The number of fused-ring (bicyclic) bond motifs is 1. The Morgan fingerprint density at radius 3 is 2.28 bits per heavy atom. The Balaban J connectivity index is 2.20. The van der Waals surface area contributed by atoms with Crippen LogP contribution in [0.2, 0.25) is 0 Å². The highest BCUT2D eigenvalue weighted by atomic mass is 15.2. The molecule has 0 aromatic heterocycles. The van der Waals surface area contributed by atoms with Crippen molar-refractivity contribution in [1.29, 1.82) is 0 Å². The summed E-state index contributed by atoms with van der Waals surface area (Å²) in [4.78, 5) is 2.21. The van der Waals surface area contributed by atoms with Crippen molar-refractivity contribution >= 4 is 17.5 Å². The maximum Gasteiger partial charge on any atom is 0.0533 e. The molecule has 0 aliphatic carbocycles. The highest BCUT2D eigenvalue weighted by Gasteiger charge is 2.18. The molecule has 88 valence electrons. The smallest absolute Gasteiger partial charge is 0.0533 e. The third kappa shape index (κ3) is 1.65. The van der Waals surface area contributed by atoms with Crippen molar-refractivity contribution in [3.63, 3.8) is 0 Å². The van der Waals surface area contributed by atoms with E-state index in [0.717, 1.165) is 5.70 Å².